The largest absolute Gasteiger partial charge is 0.339 e. The number of hydrogen-bond acceptors (Lipinski definition) is 5. The highest BCUT2D eigenvalue weighted by Crippen LogP contribution is 2.41. The Morgan fingerprint density at radius 1 is 1.32 bits per heavy atom. The summed E-state index contributed by atoms with van der Waals surface area (Å²) in [5.41, 5.74) is 2.33. The van der Waals surface area contributed by atoms with Gasteiger partial charge in [0.05, 0.1) is 11.8 Å². The predicted octanol–water partition coefficient (Wildman–Crippen LogP) is 3.47. The molecule has 0 bridgehead atoms. The van der Waals surface area contributed by atoms with Gasteiger partial charge in [-0.25, -0.2) is 0 Å². The number of carbonyl (C=O) groups excluding carboxylic acids is 1. The van der Waals surface area contributed by atoms with Crippen molar-refractivity contribution in [1.29, 1.82) is 0 Å². The Hall–Kier alpha value is -2.21. The molecule has 1 aliphatic carbocycles. The first-order chi connectivity index (χ1) is 13.6. The van der Waals surface area contributed by atoms with Crippen LogP contribution >= 0.6 is 0 Å². The molecule has 0 spiro atoms. The Morgan fingerprint density at radius 3 is 2.93 bits per heavy atom. The van der Waals surface area contributed by atoms with Gasteiger partial charge in [-0.05, 0) is 51.8 Å². The van der Waals surface area contributed by atoms with Crippen molar-refractivity contribution in [1.82, 2.24) is 15.5 Å². The van der Waals surface area contributed by atoms with Gasteiger partial charge in [-0.1, -0.05) is 36.2 Å². The first-order valence-electron chi connectivity index (χ1n) is 10.5. The lowest BCUT2D eigenvalue weighted by atomic mass is 9.78. The number of aromatic nitrogens is 2. The molecule has 1 saturated carbocycles. The van der Waals surface area contributed by atoms with E-state index >= 15 is 0 Å². The number of carbonyl (C=O) groups is 1. The second kappa shape index (κ2) is 8.03. The third kappa shape index (κ3) is 3.58. The molecule has 0 radical (unpaired) electrons. The number of nitrogens with zero attached hydrogens (tertiary/aromatic N) is 3. The third-order valence-electron chi connectivity index (χ3n) is 6.31. The summed E-state index contributed by atoms with van der Waals surface area (Å²) in [6.07, 6.45) is 5.65. The molecule has 4 unspecified atom stereocenters. The molecule has 2 heterocycles. The normalized spacial score (nSPS) is 25.5. The van der Waals surface area contributed by atoms with E-state index in [4.69, 9.17) is 4.52 Å². The number of anilines is 1. The van der Waals surface area contributed by atoms with Crippen LogP contribution in [0.25, 0.3) is 0 Å². The minimum absolute atomic E-state index is 0.0207. The summed E-state index contributed by atoms with van der Waals surface area (Å²) < 4.78 is 5.63. The number of likely N-dealkylation sites (N-methyl/N-ethyl adjacent to an activating group) is 1. The van der Waals surface area contributed by atoms with Gasteiger partial charge in [0.15, 0.2) is 5.82 Å². The number of nitrogens with one attached hydrogen (secondary N) is 1. The maximum atomic E-state index is 13.6. The Balaban J connectivity index is 1.57. The maximum Gasteiger partial charge on any atom is 0.231 e. The summed E-state index contributed by atoms with van der Waals surface area (Å²) in [5, 5.41) is 7.37. The number of para-hydroxylation sites is 1. The Morgan fingerprint density at radius 2 is 2.11 bits per heavy atom. The Bertz CT molecular complexity index is 833. The van der Waals surface area contributed by atoms with Crippen LogP contribution in [0.4, 0.5) is 5.69 Å². The summed E-state index contributed by atoms with van der Waals surface area (Å²) >= 11 is 0. The van der Waals surface area contributed by atoms with Gasteiger partial charge in [0.2, 0.25) is 11.8 Å². The van der Waals surface area contributed by atoms with Gasteiger partial charge in [-0.2, -0.15) is 4.98 Å². The molecule has 2 aliphatic rings. The predicted molar refractivity (Wildman–Crippen MR) is 108 cm³/mol. The fourth-order valence-corrected chi connectivity index (χ4v) is 4.68. The second-order valence-electron chi connectivity index (χ2n) is 8.33. The van der Waals surface area contributed by atoms with E-state index in [0.29, 0.717) is 11.7 Å². The highest BCUT2D eigenvalue weighted by molar-refractivity contribution is 5.98. The molecule has 1 amide bonds. The van der Waals surface area contributed by atoms with Crippen molar-refractivity contribution in [2.75, 3.05) is 11.9 Å². The fraction of sp³-hybridized carbons (Fsp3) is 0.591. The average Bonchev–Trinajstić information content (AvgIpc) is 3.30. The highest BCUT2D eigenvalue weighted by atomic mass is 16.5. The molecule has 2 aromatic rings. The minimum Gasteiger partial charge on any atom is -0.339 e. The van der Waals surface area contributed by atoms with Crippen LogP contribution < -0.4 is 10.2 Å². The van der Waals surface area contributed by atoms with Gasteiger partial charge in [-0.3, -0.25) is 4.79 Å². The maximum absolute atomic E-state index is 13.6. The van der Waals surface area contributed by atoms with Crippen LogP contribution in [0.5, 0.6) is 0 Å². The van der Waals surface area contributed by atoms with Gasteiger partial charge >= 0.3 is 0 Å². The van der Waals surface area contributed by atoms with E-state index in [9.17, 15) is 4.79 Å². The van der Waals surface area contributed by atoms with Crippen molar-refractivity contribution < 1.29 is 9.32 Å². The van der Waals surface area contributed by atoms with Crippen LogP contribution in [0.2, 0.25) is 0 Å². The molecule has 1 aromatic carbocycles. The van der Waals surface area contributed by atoms with E-state index in [1.165, 1.54) is 5.56 Å². The number of hydrogen-bond donors (Lipinski definition) is 1. The molecule has 1 N–H and O–H groups in total. The van der Waals surface area contributed by atoms with Gasteiger partial charge in [0, 0.05) is 24.2 Å². The summed E-state index contributed by atoms with van der Waals surface area (Å²) in [4.78, 5) is 20.3. The van der Waals surface area contributed by atoms with Crippen molar-refractivity contribution in [2.24, 2.45) is 5.92 Å². The first-order valence-corrected chi connectivity index (χ1v) is 10.5. The van der Waals surface area contributed by atoms with Crippen LogP contribution in [-0.2, 0) is 17.6 Å². The molecular weight excluding hydrogens is 352 g/mol. The lowest BCUT2D eigenvalue weighted by Crippen LogP contribution is -2.42. The van der Waals surface area contributed by atoms with Crippen LogP contribution in [0, 0.1) is 5.92 Å². The summed E-state index contributed by atoms with van der Waals surface area (Å²) in [6.45, 7) is 4.23. The van der Waals surface area contributed by atoms with Crippen molar-refractivity contribution in [3.8, 4) is 0 Å². The summed E-state index contributed by atoms with van der Waals surface area (Å²) in [5.74, 6) is 1.50. The van der Waals surface area contributed by atoms with E-state index in [1.807, 2.05) is 18.0 Å². The van der Waals surface area contributed by atoms with E-state index in [2.05, 4.69) is 47.5 Å². The molecule has 4 atom stereocenters. The van der Waals surface area contributed by atoms with Crippen LogP contribution in [-0.4, -0.2) is 35.2 Å². The molecule has 6 nitrogen and oxygen atoms in total. The zero-order chi connectivity index (χ0) is 19.7. The van der Waals surface area contributed by atoms with Crippen LogP contribution in [0.1, 0.15) is 62.7 Å². The Kier molecular flexibility index (Phi) is 5.49. The minimum atomic E-state index is -0.0858. The van der Waals surface area contributed by atoms with Crippen molar-refractivity contribution in [3.63, 3.8) is 0 Å². The van der Waals surface area contributed by atoms with Gasteiger partial charge < -0.3 is 14.7 Å². The topological polar surface area (TPSA) is 71.3 Å². The molecule has 1 aromatic heterocycles. The molecule has 150 valence electrons. The van der Waals surface area contributed by atoms with E-state index in [0.717, 1.165) is 44.2 Å². The van der Waals surface area contributed by atoms with Gasteiger partial charge in [0.1, 0.15) is 0 Å². The molecule has 4 rings (SSSR count). The molecule has 1 aliphatic heterocycles. The molecular formula is C22H30N4O2. The average molecular weight is 383 g/mol. The molecule has 28 heavy (non-hydrogen) atoms. The first kappa shape index (κ1) is 19.1. The second-order valence-corrected chi connectivity index (χ2v) is 8.33. The number of fused-ring (bicyclic) bond motifs is 1. The number of rotatable bonds is 5. The molecule has 1 fully saturated rings. The summed E-state index contributed by atoms with van der Waals surface area (Å²) in [6, 6.07) is 8.75. The monoisotopic (exact) mass is 382 g/mol. The quantitative estimate of drug-likeness (QED) is 0.857. The van der Waals surface area contributed by atoms with Crippen molar-refractivity contribution in [3.05, 3.63) is 41.5 Å². The zero-order valence-corrected chi connectivity index (χ0v) is 17.0. The lowest BCUT2D eigenvalue weighted by Gasteiger charge is -2.33. The smallest absolute Gasteiger partial charge is 0.231 e. The SMILES string of the molecule is CNC(C)Cc1noc(C2CCCCC2C(=O)N2c3ccccc3CC2C)n1. The van der Waals surface area contributed by atoms with Crippen LogP contribution in [0.15, 0.2) is 28.8 Å². The van der Waals surface area contributed by atoms with Crippen molar-refractivity contribution in [2.45, 2.75) is 70.4 Å². The van der Waals surface area contributed by atoms with E-state index in [-0.39, 0.29) is 29.8 Å². The van der Waals surface area contributed by atoms with E-state index in [1.54, 1.807) is 0 Å². The fourth-order valence-electron chi connectivity index (χ4n) is 4.68. The third-order valence-corrected chi connectivity index (χ3v) is 6.31. The standard InChI is InChI=1S/C22H30N4O2/c1-14(23-3)12-20-24-21(28-25-20)17-9-5-6-10-18(17)22(27)26-15(2)13-16-8-4-7-11-19(16)26/h4,7-8,11,14-15,17-18,23H,5-6,9-10,12-13H2,1-3H3. The van der Waals surface area contributed by atoms with Crippen LogP contribution in [0.3, 0.4) is 0 Å². The molecule has 6 heteroatoms. The number of amides is 1. The van der Waals surface area contributed by atoms with Crippen molar-refractivity contribution >= 4 is 11.6 Å². The van der Waals surface area contributed by atoms with Gasteiger partial charge in [-0.15, -0.1) is 0 Å². The lowest BCUT2D eigenvalue weighted by molar-refractivity contribution is -0.124. The zero-order valence-electron chi connectivity index (χ0n) is 17.0. The number of benzene rings is 1. The van der Waals surface area contributed by atoms with Gasteiger partial charge in [0.25, 0.3) is 0 Å². The van der Waals surface area contributed by atoms with E-state index < -0.39 is 0 Å². The highest BCUT2D eigenvalue weighted by Gasteiger charge is 2.41. The Labute approximate surface area is 166 Å². The summed E-state index contributed by atoms with van der Waals surface area (Å²) in [7, 11) is 1.93. The molecule has 0 saturated heterocycles.